The lowest BCUT2D eigenvalue weighted by atomic mass is 10.0. The molecule has 3 nitrogen and oxygen atoms in total. The first-order chi connectivity index (χ1) is 7.83. The fourth-order valence-corrected chi connectivity index (χ4v) is 1.81. The topological polar surface area (TPSA) is 29.5 Å². The highest BCUT2D eigenvalue weighted by molar-refractivity contribution is 5.68. The molecule has 0 N–H and O–H groups in total. The van der Waals surface area contributed by atoms with E-state index in [9.17, 15) is 9.18 Å². The first-order valence-corrected chi connectivity index (χ1v) is 6.18. The molecule has 1 rings (SSSR count). The molecule has 0 bridgehead atoms. The fraction of sp³-hybridized carbons (Fsp3) is 0.769. The zero-order valence-electron chi connectivity index (χ0n) is 11.2. The molecule has 0 saturated carbocycles. The molecule has 17 heavy (non-hydrogen) atoms. The maximum atomic E-state index is 13.4. The van der Waals surface area contributed by atoms with Crippen LogP contribution in [0.4, 0.5) is 9.18 Å². The summed E-state index contributed by atoms with van der Waals surface area (Å²) in [6.45, 7) is 8.45. The maximum Gasteiger partial charge on any atom is 0.410 e. The van der Waals surface area contributed by atoms with Crippen molar-refractivity contribution in [1.29, 1.82) is 0 Å². The normalized spacial score (nSPS) is 17.0. The number of allylic oxidation sites excluding steroid dienone is 1. The van der Waals surface area contributed by atoms with Gasteiger partial charge in [0.1, 0.15) is 5.60 Å². The SMILES string of the molecule is CCC(F)=C1CCN(C(=O)OC(C)(C)C)CC1. The minimum Gasteiger partial charge on any atom is -0.444 e. The number of hydrogen-bond acceptors (Lipinski definition) is 2. The fourth-order valence-electron chi connectivity index (χ4n) is 1.81. The Morgan fingerprint density at radius 3 is 2.29 bits per heavy atom. The average molecular weight is 243 g/mol. The van der Waals surface area contributed by atoms with Crippen molar-refractivity contribution in [3.8, 4) is 0 Å². The molecule has 0 aromatic heterocycles. The minimum absolute atomic E-state index is 0.0196. The van der Waals surface area contributed by atoms with Crippen LogP contribution in [0, 0.1) is 0 Å². The standard InChI is InChI=1S/C13H22FNO2/c1-5-11(14)10-6-8-15(9-7-10)12(16)17-13(2,3)4/h5-9H2,1-4H3. The van der Waals surface area contributed by atoms with Crippen molar-refractivity contribution in [2.24, 2.45) is 0 Å². The summed E-state index contributed by atoms with van der Waals surface area (Å²) < 4.78 is 18.6. The van der Waals surface area contributed by atoms with Crippen molar-refractivity contribution < 1.29 is 13.9 Å². The molecule has 0 aromatic carbocycles. The van der Waals surface area contributed by atoms with Crippen molar-refractivity contribution in [2.75, 3.05) is 13.1 Å². The van der Waals surface area contributed by atoms with Gasteiger partial charge in [-0.2, -0.15) is 0 Å². The Balaban J connectivity index is 2.50. The molecule has 1 saturated heterocycles. The van der Waals surface area contributed by atoms with Crippen LogP contribution in [0.2, 0.25) is 0 Å². The van der Waals surface area contributed by atoms with Gasteiger partial charge in [0.15, 0.2) is 0 Å². The average Bonchev–Trinajstić information content (AvgIpc) is 2.26. The van der Waals surface area contributed by atoms with E-state index in [4.69, 9.17) is 4.74 Å². The van der Waals surface area contributed by atoms with Crippen LogP contribution in [0.25, 0.3) is 0 Å². The number of rotatable bonds is 1. The van der Waals surface area contributed by atoms with Crippen LogP contribution < -0.4 is 0 Å². The van der Waals surface area contributed by atoms with Crippen LogP contribution in [-0.2, 0) is 4.74 Å². The quantitative estimate of drug-likeness (QED) is 0.703. The summed E-state index contributed by atoms with van der Waals surface area (Å²) in [6.07, 6.45) is 1.40. The van der Waals surface area contributed by atoms with Crippen molar-refractivity contribution in [3.05, 3.63) is 11.4 Å². The van der Waals surface area contributed by atoms with Gasteiger partial charge >= 0.3 is 6.09 Å². The minimum atomic E-state index is -0.470. The van der Waals surface area contributed by atoms with Crippen molar-refractivity contribution in [2.45, 2.75) is 52.6 Å². The summed E-state index contributed by atoms with van der Waals surface area (Å²) >= 11 is 0. The van der Waals surface area contributed by atoms with Crippen LogP contribution in [0.15, 0.2) is 11.4 Å². The molecule has 1 aliphatic rings. The van der Waals surface area contributed by atoms with E-state index in [0.29, 0.717) is 32.4 Å². The molecule has 0 atom stereocenters. The van der Waals surface area contributed by atoms with Crippen LogP contribution in [0.3, 0.4) is 0 Å². The molecule has 0 aliphatic carbocycles. The number of hydrogen-bond donors (Lipinski definition) is 0. The lowest BCUT2D eigenvalue weighted by molar-refractivity contribution is 0.0235. The molecule has 0 spiro atoms. The van der Waals surface area contributed by atoms with E-state index in [1.54, 1.807) is 4.90 Å². The van der Waals surface area contributed by atoms with Gasteiger partial charge in [-0.3, -0.25) is 0 Å². The Hall–Kier alpha value is -1.06. The van der Waals surface area contributed by atoms with Gasteiger partial charge in [-0.25, -0.2) is 9.18 Å². The molecule has 1 fully saturated rings. The number of carbonyl (C=O) groups excluding carboxylic acids is 1. The zero-order chi connectivity index (χ0) is 13.1. The van der Waals surface area contributed by atoms with Gasteiger partial charge in [0.2, 0.25) is 0 Å². The van der Waals surface area contributed by atoms with E-state index in [1.165, 1.54) is 0 Å². The predicted octanol–water partition coefficient (Wildman–Crippen LogP) is 3.65. The maximum absolute atomic E-state index is 13.4. The third kappa shape index (κ3) is 4.36. The number of nitrogens with zero attached hydrogens (tertiary/aromatic N) is 1. The highest BCUT2D eigenvalue weighted by Gasteiger charge is 2.25. The molecule has 98 valence electrons. The highest BCUT2D eigenvalue weighted by Crippen LogP contribution is 2.23. The van der Waals surface area contributed by atoms with E-state index in [1.807, 2.05) is 27.7 Å². The van der Waals surface area contributed by atoms with Crippen molar-refractivity contribution in [1.82, 2.24) is 4.90 Å². The second-order valence-corrected chi connectivity index (χ2v) is 5.33. The number of amides is 1. The third-order valence-corrected chi connectivity index (χ3v) is 2.71. The molecule has 1 heterocycles. The molecular weight excluding hydrogens is 221 g/mol. The van der Waals surface area contributed by atoms with Crippen LogP contribution in [-0.4, -0.2) is 29.7 Å². The van der Waals surface area contributed by atoms with Crippen LogP contribution in [0.5, 0.6) is 0 Å². The van der Waals surface area contributed by atoms with Gasteiger partial charge in [-0.1, -0.05) is 6.92 Å². The molecule has 0 aromatic rings. The van der Waals surface area contributed by atoms with Gasteiger partial charge in [0.05, 0.1) is 5.83 Å². The second-order valence-electron chi connectivity index (χ2n) is 5.33. The van der Waals surface area contributed by atoms with Crippen LogP contribution in [0.1, 0.15) is 47.0 Å². The van der Waals surface area contributed by atoms with Crippen LogP contribution >= 0.6 is 0 Å². The molecule has 0 radical (unpaired) electrons. The van der Waals surface area contributed by atoms with E-state index in [2.05, 4.69) is 0 Å². The summed E-state index contributed by atoms with van der Waals surface area (Å²) in [7, 11) is 0. The Labute approximate surface area is 103 Å². The molecular formula is C13H22FNO2. The Morgan fingerprint density at radius 2 is 1.88 bits per heavy atom. The van der Waals surface area contributed by atoms with E-state index >= 15 is 0 Å². The summed E-state index contributed by atoms with van der Waals surface area (Å²) in [5.41, 5.74) is 0.384. The number of halogens is 1. The summed E-state index contributed by atoms with van der Waals surface area (Å²) in [5, 5.41) is 0. The van der Waals surface area contributed by atoms with E-state index in [0.717, 1.165) is 5.57 Å². The monoisotopic (exact) mass is 243 g/mol. The molecule has 4 heteroatoms. The summed E-state index contributed by atoms with van der Waals surface area (Å²) in [4.78, 5) is 13.4. The predicted molar refractivity (Wildman–Crippen MR) is 65.5 cm³/mol. The number of ether oxygens (including phenoxy) is 1. The van der Waals surface area contributed by atoms with Crippen molar-refractivity contribution in [3.63, 3.8) is 0 Å². The summed E-state index contributed by atoms with van der Waals surface area (Å²) in [6, 6.07) is 0. The zero-order valence-corrected chi connectivity index (χ0v) is 11.2. The van der Waals surface area contributed by atoms with Gasteiger partial charge in [-0.05, 0) is 45.6 Å². The highest BCUT2D eigenvalue weighted by atomic mass is 19.1. The Bertz CT molecular complexity index is 308. The van der Waals surface area contributed by atoms with E-state index < -0.39 is 5.60 Å². The van der Waals surface area contributed by atoms with Gasteiger partial charge < -0.3 is 9.64 Å². The second kappa shape index (κ2) is 5.52. The van der Waals surface area contributed by atoms with Gasteiger partial charge in [-0.15, -0.1) is 0 Å². The first kappa shape index (κ1) is 14.0. The Kier molecular flexibility index (Phi) is 4.54. The molecule has 1 aliphatic heterocycles. The number of likely N-dealkylation sites (tertiary alicyclic amines) is 1. The van der Waals surface area contributed by atoms with Crippen molar-refractivity contribution >= 4 is 6.09 Å². The number of piperidine rings is 1. The molecule has 0 unspecified atom stereocenters. The largest absolute Gasteiger partial charge is 0.444 e. The lowest BCUT2D eigenvalue weighted by Crippen LogP contribution is -2.40. The lowest BCUT2D eigenvalue weighted by Gasteiger charge is -2.31. The van der Waals surface area contributed by atoms with Gasteiger partial charge in [0.25, 0.3) is 0 Å². The summed E-state index contributed by atoms with van der Waals surface area (Å²) in [5.74, 6) is -0.0196. The van der Waals surface area contributed by atoms with Gasteiger partial charge in [0, 0.05) is 13.1 Å². The molecule has 1 amide bonds. The third-order valence-electron chi connectivity index (χ3n) is 2.71. The Morgan fingerprint density at radius 1 is 1.35 bits per heavy atom. The number of carbonyl (C=O) groups is 1. The smallest absolute Gasteiger partial charge is 0.410 e. The first-order valence-electron chi connectivity index (χ1n) is 6.18. The van der Waals surface area contributed by atoms with E-state index in [-0.39, 0.29) is 11.9 Å².